The van der Waals surface area contributed by atoms with Crippen LogP contribution in [0.25, 0.3) is 0 Å². The summed E-state index contributed by atoms with van der Waals surface area (Å²) in [6.07, 6.45) is 7.13. The Morgan fingerprint density at radius 1 is 1.12 bits per heavy atom. The molecule has 0 N–H and O–H groups in total. The number of unbranched alkanes of at least 4 members (excludes halogenated alkanes) is 2. The minimum Gasteiger partial charge on any atom is -0.460 e. The van der Waals surface area contributed by atoms with Crippen LogP contribution in [0.3, 0.4) is 0 Å². The van der Waals surface area contributed by atoms with Crippen LogP contribution in [0, 0.1) is 17.8 Å². The standard InChI is InChI=1S/C20H35NO3/c1-4-7-12-21(13-8-5-2)14-10-9-11-18-16-19(24-20(18)22)17-23-15-6-3/h18-19H,4-8,11-17H2,1-3H3/t18-,19+/m1/s1. The number of hydrogen-bond donors (Lipinski definition) is 0. The highest BCUT2D eigenvalue weighted by molar-refractivity contribution is 5.75. The zero-order valence-electron chi connectivity index (χ0n) is 15.8. The van der Waals surface area contributed by atoms with E-state index in [1.165, 1.54) is 25.7 Å². The Bertz CT molecular complexity index is 391. The van der Waals surface area contributed by atoms with Crippen molar-refractivity contribution in [1.29, 1.82) is 0 Å². The van der Waals surface area contributed by atoms with Gasteiger partial charge in [-0.1, -0.05) is 39.5 Å². The van der Waals surface area contributed by atoms with Gasteiger partial charge in [0.05, 0.1) is 19.1 Å². The quantitative estimate of drug-likeness (QED) is 0.310. The van der Waals surface area contributed by atoms with Gasteiger partial charge in [-0.2, -0.15) is 0 Å². The average Bonchev–Trinajstić information content (AvgIpc) is 2.93. The number of carbonyl (C=O) groups is 1. The molecule has 24 heavy (non-hydrogen) atoms. The molecule has 1 rings (SSSR count). The molecule has 0 aromatic heterocycles. The summed E-state index contributed by atoms with van der Waals surface area (Å²) in [6, 6.07) is 0. The van der Waals surface area contributed by atoms with E-state index in [1.54, 1.807) is 0 Å². The Labute approximate surface area is 148 Å². The molecule has 0 unspecified atom stereocenters. The molecule has 1 saturated heterocycles. The number of nitrogens with zero attached hydrogens (tertiary/aromatic N) is 1. The molecule has 0 bridgehead atoms. The summed E-state index contributed by atoms with van der Waals surface area (Å²) in [6.45, 7) is 10.8. The first-order valence-electron chi connectivity index (χ1n) is 9.67. The van der Waals surface area contributed by atoms with Crippen LogP contribution in [-0.4, -0.2) is 49.8 Å². The minimum atomic E-state index is -0.108. The molecule has 0 radical (unpaired) electrons. The fraction of sp³-hybridized carbons (Fsp3) is 0.850. The maximum Gasteiger partial charge on any atom is 0.310 e. The molecule has 0 aromatic carbocycles. The van der Waals surface area contributed by atoms with E-state index in [4.69, 9.17) is 9.47 Å². The summed E-state index contributed by atoms with van der Waals surface area (Å²) in [7, 11) is 0. The Morgan fingerprint density at radius 3 is 2.46 bits per heavy atom. The highest BCUT2D eigenvalue weighted by Crippen LogP contribution is 2.23. The average molecular weight is 338 g/mol. The van der Waals surface area contributed by atoms with Crippen molar-refractivity contribution in [3.05, 3.63) is 0 Å². The molecule has 0 spiro atoms. The van der Waals surface area contributed by atoms with Gasteiger partial charge in [0.2, 0.25) is 0 Å². The third kappa shape index (κ3) is 8.70. The molecule has 0 amide bonds. The van der Waals surface area contributed by atoms with Gasteiger partial charge < -0.3 is 9.47 Å². The third-order valence-corrected chi connectivity index (χ3v) is 4.25. The van der Waals surface area contributed by atoms with Gasteiger partial charge in [0.15, 0.2) is 0 Å². The van der Waals surface area contributed by atoms with Crippen LogP contribution in [0.15, 0.2) is 0 Å². The number of cyclic esters (lactones) is 1. The number of ether oxygens (including phenoxy) is 2. The molecule has 4 nitrogen and oxygen atoms in total. The molecule has 138 valence electrons. The molecule has 0 aromatic rings. The summed E-state index contributed by atoms with van der Waals surface area (Å²) in [4.78, 5) is 14.3. The second kappa shape index (κ2) is 13.3. The van der Waals surface area contributed by atoms with E-state index in [-0.39, 0.29) is 18.0 Å². The van der Waals surface area contributed by atoms with Gasteiger partial charge in [-0.05, 0) is 32.4 Å². The lowest BCUT2D eigenvalue weighted by Crippen LogP contribution is -2.26. The predicted molar refractivity (Wildman–Crippen MR) is 97.7 cm³/mol. The molecule has 0 saturated carbocycles. The Balaban J connectivity index is 2.31. The number of carbonyl (C=O) groups excluding carboxylic acids is 1. The molecule has 1 fully saturated rings. The number of rotatable bonds is 12. The smallest absolute Gasteiger partial charge is 0.310 e. The van der Waals surface area contributed by atoms with Crippen LogP contribution in [-0.2, 0) is 14.3 Å². The van der Waals surface area contributed by atoms with Crippen molar-refractivity contribution in [3.63, 3.8) is 0 Å². The van der Waals surface area contributed by atoms with Gasteiger partial charge in [0, 0.05) is 19.4 Å². The van der Waals surface area contributed by atoms with E-state index in [2.05, 4.69) is 37.5 Å². The summed E-state index contributed by atoms with van der Waals surface area (Å²) < 4.78 is 10.8. The maximum atomic E-state index is 11.9. The fourth-order valence-electron chi connectivity index (χ4n) is 2.75. The monoisotopic (exact) mass is 337 g/mol. The van der Waals surface area contributed by atoms with Crippen molar-refractivity contribution in [2.75, 3.05) is 32.8 Å². The van der Waals surface area contributed by atoms with Crippen molar-refractivity contribution in [2.24, 2.45) is 5.92 Å². The Morgan fingerprint density at radius 2 is 1.83 bits per heavy atom. The van der Waals surface area contributed by atoms with E-state index in [1.807, 2.05) is 0 Å². The summed E-state index contributed by atoms with van der Waals surface area (Å²) in [5.41, 5.74) is 0. The SMILES string of the molecule is CCCCN(CC#CC[C@@H]1C[C@@H](COCCC)OC1=O)CCCC. The highest BCUT2D eigenvalue weighted by Gasteiger charge is 2.33. The molecule has 4 heteroatoms. The van der Waals surface area contributed by atoms with Crippen LogP contribution >= 0.6 is 0 Å². The number of hydrogen-bond acceptors (Lipinski definition) is 4. The fourth-order valence-corrected chi connectivity index (χ4v) is 2.75. The molecule has 0 aliphatic carbocycles. The lowest BCUT2D eigenvalue weighted by Gasteiger charge is -2.18. The van der Waals surface area contributed by atoms with Crippen molar-refractivity contribution in [1.82, 2.24) is 4.90 Å². The predicted octanol–water partition coefficient (Wildman–Crippen LogP) is 3.64. The van der Waals surface area contributed by atoms with Crippen molar-refractivity contribution in [2.45, 2.75) is 71.8 Å². The largest absolute Gasteiger partial charge is 0.460 e. The van der Waals surface area contributed by atoms with Gasteiger partial charge >= 0.3 is 5.97 Å². The zero-order valence-corrected chi connectivity index (χ0v) is 15.8. The van der Waals surface area contributed by atoms with Crippen molar-refractivity contribution >= 4 is 5.97 Å². The van der Waals surface area contributed by atoms with Crippen LogP contribution in [0.4, 0.5) is 0 Å². The van der Waals surface area contributed by atoms with Crippen LogP contribution < -0.4 is 0 Å². The lowest BCUT2D eigenvalue weighted by atomic mass is 10.0. The zero-order chi connectivity index (χ0) is 17.6. The van der Waals surface area contributed by atoms with Crippen molar-refractivity contribution < 1.29 is 14.3 Å². The molecule has 2 atom stereocenters. The first kappa shape index (κ1) is 21.0. The van der Waals surface area contributed by atoms with E-state index < -0.39 is 0 Å². The first-order valence-corrected chi connectivity index (χ1v) is 9.67. The van der Waals surface area contributed by atoms with Crippen molar-refractivity contribution in [3.8, 4) is 11.8 Å². The van der Waals surface area contributed by atoms with E-state index in [0.717, 1.165) is 39.1 Å². The minimum absolute atomic E-state index is 0.0764. The highest BCUT2D eigenvalue weighted by atomic mass is 16.6. The van der Waals surface area contributed by atoms with Gasteiger partial charge in [0.1, 0.15) is 6.10 Å². The van der Waals surface area contributed by atoms with Crippen LogP contribution in [0.5, 0.6) is 0 Å². The van der Waals surface area contributed by atoms with Gasteiger partial charge in [0.25, 0.3) is 0 Å². The molecular formula is C20H35NO3. The third-order valence-electron chi connectivity index (χ3n) is 4.25. The normalized spacial score (nSPS) is 20.1. The Hall–Kier alpha value is -1.05. The summed E-state index contributed by atoms with van der Waals surface area (Å²) in [5, 5.41) is 0. The molecule has 1 aliphatic rings. The molecular weight excluding hydrogens is 302 g/mol. The second-order valence-corrected chi connectivity index (χ2v) is 6.61. The Kier molecular flexibility index (Phi) is 11.6. The number of esters is 1. The van der Waals surface area contributed by atoms with E-state index in [0.29, 0.717) is 13.0 Å². The van der Waals surface area contributed by atoms with Gasteiger partial charge in [-0.15, -0.1) is 5.92 Å². The van der Waals surface area contributed by atoms with Gasteiger partial charge in [-0.3, -0.25) is 9.69 Å². The topological polar surface area (TPSA) is 38.8 Å². The summed E-state index contributed by atoms with van der Waals surface area (Å²) in [5.74, 6) is 6.27. The van der Waals surface area contributed by atoms with E-state index >= 15 is 0 Å². The van der Waals surface area contributed by atoms with Crippen LogP contribution in [0.2, 0.25) is 0 Å². The molecule has 1 heterocycles. The van der Waals surface area contributed by atoms with Gasteiger partial charge in [-0.25, -0.2) is 0 Å². The lowest BCUT2D eigenvalue weighted by molar-refractivity contribution is -0.146. The maximum absolute atomic E-state index is 11.9. The first-order chi connectivity index (χ1) is 11.7. The summed E-state index contributed by atoms with van der Waals surface area (Å²) >= 11 is 0. The van der Waals surface area contributed by atoms with E-state index in [9.17, 15) is 4.79 Å². The van der Waals surface area contributed by atoms with Crippen LogP contribution in [0.1, 0.15) is 65.7 Å². The molecule has 1 aliphatic heterocycles. The second-order valence-electron chi connectivity index (χ2n) is 6.61.